The molecule has 1 fully saturated rings. The number of carbonyl (C=O) groups excluding carboxylic acids is 2. The summed E-state index contributed by atoms with van der Waals surface area (Å²) >= 11 is 0. The lowest BCUT2D eigenvalue weighted by molar-refractivity contribution is -0.137. The van der Waals surface area contributed by atoms with E-state index in [0.29, 0.717) is 17.8 Å². The molecule has 8 heteroatoms. The highest BCUT2D eigenvalue weighted by atomic mass is 19.4. The van der Waals surface area contributed by atoms with Crippen LogP contribution in [0, 0.1) is 0 Å². The van der Waals surface area contributed by atoms with E-state index in [1.807, 2.05) is 16.8 Å². The van der Waals surface area contributed by atoms with Gasteiger partial charge in [0.05, 0.1) is 16.8 Å². The van der Waals surface area contributed by atoms with Gasteiger partial charge in [0.1, 0.15) is 6.17 Å². The number of hydrogen-bond donors (Lipinski definition) is 1. The number of amides is 2. The molecule has 2 aromatic carbocycles. The summed E-state index contributed by atoms with van der Waals surface area (Å²) in [6, 6.07) is 9.22. The fraction of sp³-hybridized carbons (Fsp3) is 0.300. The van der Waals surface area contributed by atoms with Crippen molar-refractivity contribution in [3.8, 4) is 0 Å². The zero-order valence-electron chi connectivity index (χ0n) is 15.1. The molecule has 2 amide bonds. The van der Waals surface area contributed by atoms with E-state index in [1.165, 1.54) is 18.2 Å². The Balaban J connectivity index is 1.60. The monoisotopic (exact) mass is 389 g/mol. The summed E-state index contributed by atoms with van der Waals surface area (Å²) in [5.74, 6) is -0.586. The molecule has 5 nitrogen and oxygen atoms in total. The second kappa shape index (κ2) is 6.54. The number of halogens is 3. The molecular weight excluding hydrogens is 371 g/mol. The van der Waals surface area contributed by atoms with Crippen LogP contribution in [0.1, 0.15) is 39.1 Å². The highest BCUT2D eigenvalue weighted by Crippen LogP contribution is 2.35. The van der Waals surface area contributed by atoms with Gasteiger partial charge in [0, 0.05) is 24.8 Å². The Labute approximate surface area is 159 Å². The van der Waals surface area contributed by atoms with Crippen molar-refractivity contribution in [2.45, 2.75) is 25.2 Å². The van der Waals surface area contributed by atoms with E-state index >= 15 is 0 Å². The number of anilines is 2. The van der Waals surface area contributed by atoms with E-state index in [-0.39, 0.29) is 23.3 Å². The highest BCUT2D eigenvalue weighted by Gasteiger charge is 2.39. The third-order valence-electron chi connectivity index (χ3n) is 5.25. The normalized spacial score (nSPS) is 18.7. The minimum atomic E-state index is -4.48. The van der Waals surface area contributed by atoms with Crippen molar-refractivity contribution in [1.82, 2.24) is 4.90 Å². The predicted octanol–water partition coefficient (Wildman–Crippen LogP) is 3.97. The smallest absolute Gasteiger partial charge is 0.354 e. The third-order valence-corrected chi connectivity index (χ3v) is 5.25. The molecule has 1 N–H and O–H groups in total. The van der Waals surface area contributed by atoms with Gasteiger partial charge < -0.3 is 15.1 Å². The van der Waals surface area contributed by atoms with E-state index in [2.05, 4.69) is 5.32 Å². The summed E-state index contributed by atoms with van der Waals surface area (Å²) in [6.07, 6.45) is -2.72. The number of rotatable bonds is 2. The van der Waals surface area contributed by atoms with Crippen LogP contribution in [0.2, 0.25) is 0 Å². The number of nitrogens with zero attached hydrogens (tertiary/aromatic N) is 2. The van der Waals surface area contributed by atoms with Gasteiger partial charge in [-0.2, -0.15) is 13.2 Å². The van der Waals surface area contributed by atoms with E-state index in [9.17, 15) is 22.8 Å². The Hall–Kier alpha value is -3.03. The fourth-order valence-corrected chi connectivity index (χ4v) is 3.83. The van der Waals surface area contributed by atoms with Crippen LogP contribution >= 0.6 is 0 Å². The summed E-state index contributed by atoms with van der Waals surface area (Å²) in [5, 5.41) is 2.50. The molecule has 0 bridgehead atoms. The van der Waals surface area contributed by atoms with E-state index in [0.717, 1.165) is 25.0 Å². The van der Waals surface area contributed by atoms with Crippen LogP contribution in [0.5, 0.6) is 0 Å². The van der Waals surface area contributed by atoms with Gasteiger partial charge in [-0.05, 0) is 49.2 Å². The zero-order valence-corrected chi connectivity index (χ0v) is 15.1. The van der Waals surface area contributed by atoms with Gasteiger partial charge in [-0.1, -0.05) is 6.07 Å². The average Bonchev–Trinajstić information content (AvgIpc) is 3.15. The Morgan fingerprint density at radius 3 is 2.71 bits per heavy atom. The van der Waals surface area contributed by atoms with Crippen LogP contribution in [0.3, 0.4) is 0 Å². The van der Waals surface area contributed by atoms with Crippen molar-refractivity contribution in [2.75, 3.05) is 23.8 Å². The Kier molecular flexibility index (Phi) is 4.28. The maximum Gasteiger partial charge on any atom is 0.416 e. The molecule has 146 valence electrons. The minimum Gasteiger partial charge on any atom is -0.354 e. The quantitative estimate of drug-likeness (QED) is 0.846. The number of fused-ring (bicyclic) bond motifs is 2. The van der Waals surface area contributed by atoms with Gasteiger partial charge >= 0.3 is 6.18 Å². The molecule has 2 aliphatic heterocycles. The largest absolute Gasteiger partial charge is 0.416 e. The number of carbonyl (C=O) groups is 2. The third kappa shape index (κ3) is 3.08. The number of benzene rings is 2. The maximum atomic E-state index is 12.8. The van der Waals surface area contributed by atoms with Crippen molar-refractivity contribution in [2.24, 2.45) is 0 Å². The number of alkyl halides is 3. The molecule has 0 unspecified atom stereocenters. The molecule has 2 heterocycles. The van der Waals surface area contributed by atoms with Crippen LogP contribution < -0.4 is 10.2 Å². The summed E-state index contributed by atoms with van der Waals surface area (Å²) < 4.78 is 38.5. The lowest BCUT2D eigenvalue weighted by Crippen LogP contribution is -2.50. The van der Waals surface area contributed by atoms with E-state index in [4.69, 9.17) is 0 Å². The number of hydrogen-bond acceptors (Lipinski definition) is 3. The lowest BCUT2D eigenvalue weighted by atomic mass is 10.0. The molecule has 28 heavy (non-hydrogen) atoms. The average molecular weight is 389 g/mol. The lowest BCUT2D eigenvalue weighted by Gasteiger charge is -2.40. The first-order valence-corrected chi connectivity index (χ1v) is 8.92. The predicted molar refractivity (Wildman–Crippen MR) is 98.3 cm³/mol. The van der Waals surface area contributed by atoms with Crippen LogP contribution in [-0.4, -0.2) is 36.5 Å². The minimum absolute atomic E-state index is 0.0261. The molecule has 1 atom stereocenters. The Morgan fingerprint density at radius 1 is 1.18 bits per heavy atom. The van der Waals surface area contributed by atoms with Gasteiger partial charge in [-0.25, -0.2) is 0 Å². The molecule has 0 aliphatic carbocycles. The molecule has 2 aromatic rings. The molecule has 0 aromatic heterocycles. The molecule has 0 saturated carbocycles. The SMILES string of the molecule is CN1c2cc(C(=O)Nc3cccc(C(F)(F)F)c3)ccc2C(=O)N2CCC[C@@H]21. The molecule has 0 spiro atoms. The van der Waals surface area contributed by atoms with Crippen LogP contribution in [0.4, 0.5) is 24.5 Å². The maximum absolute atomic E-state index is 12.8. The fourth-order valence-electron chi connectivity index (χ4n) is 3.83. The first-order chi connectivity index (χ1) is 13.3. The van der Waals surface area contributed by atoms with Crippen molar-refractivity contribution in [3.63, 3.8) is 0 Å². The molecule has 4 rings (SSSR count). The van der Waals surface area contributed by atoms with Crippen molar-refractivity contribution in [1.29, 1.82) is 0 Å². The van der Waals surface area contributed by atoms with Gasteiger partial charge in [-0.3, -0.25) is 9.59 Å². The van der Waals surface area contributed by atoms with Gasteiger partial charge in [0.25, 0.3) is 11.8 Å². The van der Waals surface area contributed by atoms with E-state index < -0.39 is 17.6 Å². The molecule has 2 aliphatic rings. The summed E-state index contributed by atoms with van der Waals surface area (Å²) in [6.45, 7) is 0.713. The standard InChI is InChI=1S/C20H18F3N3O2/c1-25-16-10-12(7-8-15(16)19(28)26-9-3-6-17(25)26)18(27)24-14-5-2-4-13(11-14)20(21,22)23/h2,4-5,7-8,10-11,17H,3,6,9H2,1H3,(H,24,27)/t17-/m1/s1. The Morgan fingerprint density at radius 2 is 1.96 bits per heavy atom. The van der Waals surface area contributed by atoms with Crippen LogP contribution in [-0.2, 0) is 6.18 Å². The molecule has 0 radical (unpaired) electrons. The zero-order chi connectivity index (χ0) is 20.1. The summed E-state index contributed by atoms with van der Waals surface area (Å²) in [5.41, 5.74) is 0.690. The van der Waals surface area contributed by atoms with Gasteiger partial charge in [-0.15, -0.1) is 0 Å². The van der Waals surface area contributed by atoms with Gasteiger partial charge in [0.15, 0.2) is 0 Å². The Bertz CT molecular complexity index is 958. The second-order valence-corrected chi connectivity index (χ2v) is 7.00. The van der Waals surface area contributed by atoms with Crippen LogP contribution in [0.15, 0.2) is 42.5 Å². The highest BCUT2D eigenvalue weighted by molar-refractivity contribution is 6.08. The summed E-state index contributed by atoms with van der Waals surface area (Å²) in [7, 11) is 1.88. The first kappa shape index (κ1) is 18.3. The molecular formula is C20H18F3N3O2. The summed E-state index contributed by atoms with van der Waals surface area (Å²) in [4.78, 5) is 29.0. The second-order valence-electron chi connectivity index (χ2n) is 7.00. The molecule has 1 saturated heterocycles. The van der Waals surface area contributed by atoms with Crippen molar-refractivity contribution in [3.05, 3.63) is 59.2 Å². The van der Waals surface area contributed by atoms with Crippen molar-refractivity contribution >= 4 is 23.2 Å². The van der Waals surface area contributed by atoms with Crippen molar-refractivity contribution < 1.29 is 22.8 Å². The van der Waals surface area contributed by atoms with Crippen LogP contribution in [0.25, 0.3) is 0 Å². The van der Waals surface area contributed by atoms with E-state index in [1.54, 1.807) is 12.1 Å². The topological polar surface area (TPSA) is 52.7 Å². The first-order valence-electron chi connectivity index (χ1n) is 8.92. The number of nitrogens with one attached hydrogen (secondary N) is 1. The van der Waals surface area contributed by atoms with Gasteiger partial charge in [0.2, 0.25) is 0 Å².